The quantitative estimate of drug-likeness (QED) is 0.791. The Kier molecular flexibility index (Phi) is 2.93. The van der Waals surface area contributed by atoms with E-state index in [2.05, 4.69) is 0 Å². The van der Waals surface area contributed by atoms with Crippen LogP contribution in [0.5, 0.6) is 0 Å². The van der Waals surface area contributed by atoms with Crippen LogP contribution in [0.15, 0.2) is 0 Å². The molecule has 2 aliphatic rings. The number of hydrogen-bond donors (Lipinski definition) is 1. The van der Waals surface area contributed by atoms with E-state index in [-0.39, 0.29) is 31.6 Å². The second-order valence-electron chi connectivity index (χ2n) is 5.30. The minimum atomic E-state index is -2.64. The first-order valence-electron chi connectivity index (χ1n) is 6.08. The summed E-state index contributed by atoms with van der Waals surface area (Å²) in [6, 6.07) is 0. The highest BCUT2D eigenvalue weighted by molar-refractivity contribution is 5.75. The largest absolute Gasteiger partial charge is 0.481 e. The number of hydrogen-bond acceptors (Lipinski definition) is 1. The summed E-state index contributed by atoms with van der Waals surface area (Å²) >= 11 is 0. The molecule has 0 amide bonds. The molecule has 2 rings (SSSR count). The smallest absolute Gasteiger partial charge is 0.309 e. The summed E-state index contributed by atoms with van der Waals surface area (Å²) in [5, 5.41) is 9.37. The van der Waals surface area contributed by atoms with Gasteiger partial charge in [0, 0.05) is 12.8 Å². The molecule has 2 fully saturated rings. The first-order chi connectivity index (χ1) is 7.46. The maximum atomic E-state index is 13.1. The third-order valence-electron chi connectivity index (χ3n) is 4.44. The zero-order valence-electron chi connectivity index (χ0n) is 9.35. The Hall–Kier alpha value is -0.670. The van der Waals surface area contributed by atoms with E-state index >= 15 is 0 Å². The van der Waals surface area contributed by atoms with Gasteiger partial charge in [0.05, 0.1) is 5.41 Å². The fourth-order valence-corrected chi connectivity index (χ4v) is 3.34. The molecule has 0 heterocycles. The normalized spacial score (nSPS) is 29.1. The van der Waals surface area contributed by atoms with Crippen LogP contribution in [0.25, 0.3) is 0 Å². The molecule has 2 saturated carbocycles. The Bertz CT molecular complexity index is 273. The van der Waals surface area contributed by atoms with Crippen molar-refractivity contribution in [2.24, 2.45) is 11.3 Å². The van der Waals surface area contributed by atoms with Crippen LogP contribution in [-0.4, -0.2) is 17.0 Å². The molecule has 4 heteroatoms. The molecule has 2 nitrogen and oxygen atoms in total. The highest BCUT2D eigenvalue weighted by Gasteiger charge is 2.52. The Morgan fingerprint density at radius 3 is 2.00 bits per heavy atom. The van der Waals surface area contributed by atoms with Crippen LogP contribution in [0.2, 0.25) is 0 Å². The second kappa shape index (κ2) is 3.97. The molecule has 0 radical (unpaired) electrons. The predicted octanol–water partition coefficient (Wildman–Crippen LogP) is 3.46. The minimum Gasteiger partial charge on any atom is -0.481 e. The molecule has 0 unspecified atom stereocenters. The Morgan fingerprint density at radius 2 is 1.56 bits per heavy atom. The average Bonchev–Trinajstić information content (AvgIpc) is 2.71. The van der Waals surface area contributed by atoms with E-state index < -0.39 is 17.3 Å². The molecule has 0 atom stereocenters. The summed E-state index contributed by atoms with van der Waals surface area (Å²) < 4.78 is 26.2. The molecule has 0 aliphatic heterocycles. The van der Waals surface area contributed by atoms with Crippen molar-refractivity contribution in [1.29, 1.82) is 0 Å². The summed E-state index contributed by atoms with van der Waals surface area (Å²) in [5.74, 6) is -3.37. The van der Waals surface area contributed by atoms with E-state index in [1.807, 2.05) is 0 Å². The maximum absolute atomic E-state index is 13.1. The SMILES string of the molecule is O=C(O)C1(C2CCCC2)CCC(F)(F)CC1. The van der Waals surface area contributed by atoms with Gasteiger partial charge in [0.1, 0.15) is 0 Å². The third-order valence-corrected chi connectivity index (χ3v) is 4.44. The van der Waals surface area contributed by atoms with Crippen molar-refractivity contribution in [2.45, 2.75) is 57.3 Å². The molecule has 0 saturated heterocycles. The molecule has 0 aromatic rings. The van der Waals surface area contributed by atoms with Gasteiger partial charge in [0.25, 0.3) is 0 Å². The van der Waals surface area contributed by atoms with Gasteiger partial charge in [0.2, 0.25) is 5.92 Å². The minimum absolute atomic E-state index is 0.126. The van der Waals surface area contributed by atoms with Crippen molar-refractivity contribution >= 4 is 5.97 Å². The summed E-state index contributed by atoms with van der Waals surface area (Å²) in [6.07, 6.45) is 3.70. The molecule has 92 valence electrons. The molecule has 0 spiro atoms. The van der Waals surface area contributed by atoms with Gasteiger partial charge < -0.3 is 5.11 Å². The summed E-state index contributed by atoms with van der Waals surface area (Å²) in [4.78, 5) is 11.4. The van der Waals surface area contributed by atoms with Crippen LogP contribution in [-0.2, 0) is 4.79 Å². The van der Waals surface area contributed by atoms with Crippen LogP contribution >= 0.6 is 0 Å². The van der Waals surface area contributed by atoms with Crippen LogP contribution in [0, 0.1) is 11.3 Å². The Morgan fingerprint density at radius 1 is 1.06 bits per heavy atom. The molecule has 2 aliphatic carbocycles. The molecule has 1 N–H and O–H groups in total. The first-order valence-corrected chi connectivity index (χ1v) is 6.08. The van der Waals surface area contributed by atoms with Gasteiger partial charge in [-0.1, -0.05) is 12.8 Å². The molecular weight excluding hydrogens is 214 g/mol. The lowest BCUT2D eigenvalue weighted by atomic mass is 9.64. The molecule has 0 bridgehead atoms. The average molecular weight is 232 g/mol. The third kappa shape index (κ3) is 1.94. The van der Waals surface area contributed by atoms with Gasteiger partial charge in [-0.25, -0.2) is 8.78 Å². The monoisotopic (exact) mass is 232 g/mol. The van der Waals surface area contributed by atoms with E-state index in [0.29, 0.717) is 0 Å². The fraction of sp³-hybridized carbons (Fsp3) is 0.917. The van der Waals surface area contributed by atoms with Crippen LogP contribution in [0.1, 0.15) is 51.4 Å². The number of aliphatic carboxylic acids is 1. The number of alkyl halides is 2. The van der Waals surface area contributed by atoms with Gasteiger partial charge >= 0.3 is 5.97 Å². The summed E-state index contributed by atoms with van der Waals surface area (Å²) in [6.45, 7) is 0. The van der Waals surface area contributed by atoms with E-state index in [0.717, 1.165) is 25.7 Å². The van der Waals surface area contributed by atoms with Crippen LogP contribution in [0.4, 0.5) is 8.78 Å². The zero-order valence-corrected chi connectivity index (χ0v) is 9.35. The fourth-order valence-electron chi connectivity index (χ4n) is 3.34. The Balaban J connectivity index is 2.14. The lowest BCUT2D eigenvalue weighted by Gasteiger charge is -2.40. The number of halogens is 2. The first kappa shape index (κ1) is 11.8. The summed E-state index contributed by atoms with van der Waals surface area (Å²) in [7, 11) is 0. The topological polar surface area (TPSA) is 37.3 Å². The standard InChI is InChI=1S/C12H18F2O2/c13-12(14)7-5-11(6-8-12,10(15)16)9-3-1-2-4-9/h9H,1-8H2,(H,15,16). The van der Waals surface area contributed by atoms with E-state index in [9.17, 15) is 18.7 Å². The van der Waals surface area contributed by atoms with E-state index in [1.165, 1.54) is 0 Å². The maximum Gasteiger partial charge on any atom is 0.309 e. The predicted molar refractivity (Wildman–Crippen MR) is 55.4 cm³/mol. The number of carboxylic acid groups (broad SMARTS) is 1. The number of carbonyl (C=O) groups is 1. The second-order valence-corrected chi connectivity index (χ2v) is 5.30. The van der Waals surface area contributed by atoms with Gasteiger partial charge in [-0.2, -0.15) is 0 Å². The van der Waals surface area contributed by atoms with Gasteiger partial charge in [-0.15, -0.1) is 0 Å². The molecule has 16 heavy (non-hydrogen) atoms. The molecular formula is C12H18F2O2. The van der Waals surface area contributed by atoms with Crippen molar-refractivity contribution in [3.63, 3.8) is 0 Å². The number of rotatable bonds is 2. The highest BCUT2D eigenvalue weighted by Crippen LogP contribution is 2.52. The van der Waals surface area contributed by atoms with E-state index in [4.69, 9.17) is 0 Å². The Labute approximate surface area is 94.0 Å². The van der Waals surface area contributed by atoms with E-state index in [1.54, 1.807) is 0 Å². The van der Waals surface area contributed by atoms with Gasteiger partial charge in [-0.05, 0) is 31.6 Å². The molecule has 0 aromatic carbocycles. The van der Waals surface area contributed by atoms with Gasteiger partial charge in [-0.3, -0.25) is 4.79 Å². The zero-order chi connectivity index (χ0) is 11.8. The van der Waals surface area contributed by atoms with Crippen molar-refractivity contribution in [3.05, 3.63) is 0 Å². The van der Waals surface area contributed by atoms with Gasteiger partial charge in [0.15, 0.2) is 0 Å². The van der Waals surface area contributed by atoms with Crippen LogP contribution in [0.3, 0.4) is 0 Å². The van der Waals surface area contributed by atoms with Crippen LogP contribution < -0.4 is 0 Å². The van der Waals surface area contributed by atoms with Crippen molar-refractivity contribution in [1.82, 2.24) is 0 Å². The summed E-state index contributed by atoms with van der Waals surface area (Å²) in [5.41, 5.74) is -0.849. The number of carboxylic acids is 1. The van der Waals surface area contributed by atoms with Crippen molar-refractivity contribution in [3.8, 4) is 0 Å². The lowest BCUT2D eigenvalue weighted by molar-refractivity contribution is -0.162. The lowest BCUT2D eigenvalue weighted by Crippen LogP contribution is -2.43. The highest BCUT2D eigenvalue weighted by atomic mass is 19.3. The van der Waals surface area contributed by atoms with Crippen molar-refractivity contribution in [2.75, 3.05) is 0 Å². The molecule has 0 aromatic heterocycles. The van der Waals surface area contributed by atoms with Crippen molar-refractivity contribution < 1.29 is 18.7 Å².